The van der Waals surface area contributed by atoms with Crippen LogP contribution in [-0.4, -0.2) is 31.9 Å². The number of amides is 1. The first kappa shape index (κ1) is 11.2. The molecule has 0 saturated heterocycles. The van der Waals surface area contributed by atoms with Crippen molar-refractivity contribution in [2.75, 3.05) is 0 Å². The Bertz CT molecular complexity index is 420. The predicted octanol–water partition coefficient (Wildman–Crippen LogP) is 2.13. The van der Waals surface area contributed by atoms with Gasteiger partial charge in [0.15, 0.2) is 0 Å². The number of rotatable bonds is 0. The fourth-order valence-electron chi connectivity index (χ4n) is 1.67. The minimum atomic E-state index is -0.873. The molecule has 82 valence electrons. The molecule has 1 aliphatic rings. The molecule has 15 heavy (non-hydrogen) atoms. The van der Waals surface area contributed by atoms with E-state index in [1.165, 1.54) is 4.90 Å². The van der Waals surface area contributed by atoms with E-state index in [4.69, 9.17) is 5.11 Å². The van der Waals surface area contributed by atoms with E-state index in [0.717, 1.165) is 13.9 Å². The van der Waals surface area contributed by atoms with Crippen LogP contribution in [0.2, 0.25) is 0 Å². The van der Waals surface area contributed by atoms with Gasteiger partial charge in [0.1, 0.15) is 4.60 Å². The second-order valence-corrected chi connectivity index (χ2v) is 5.32. The van der Waals surface area contributed by atoms with E-state index >= 15 is 0 Å². The van der Waals surface area contributed by atoms with Gasteiger partial charge in [-0.05, 0) is 45.4 Å². The van der Waals surface area contributed by atoms with Crippen LogP contribution in [0.25, 0.3) is 0 Å². The lowest BCUT2D eigenvalue weighted by atomic mass is 10.2. The van der Waals surface area contributed by atoms with Crippen molar-refractivity contribution in [3.8, 4) is 0 Å². The fourth-order valence-corrected chi connectivity index (χ4v) is 2.64. The van der Waals surface area contributed by atoms with E-state index in [0.29, 0.717) is 13.1 Å². The third-order valence-corrected chi connectivity index (χ3v) is 4.92. The molecular weight excluding hydrogens is 377 g/mol. The second kappa shape index (κ2) is 3.93. The first-order valence-electron chi connectivity index (χ1n) is 4.41. The largest absolute Gasteiger partial charge is 0.465 e. The van der Waals surface area contributed by atoms with Crippen molar-refractivity contribution in [1.82, 2.24) is 14.7 Å². The summed E-state index contributed by atoms with van der Waals surface area (Å²) < 4.78 is 3.65. The van der Waals surface area contributed by atoms with Crippen LogP contribution < -0.4 is 0 Å². The van der Waals surface area contributed by atoms with Gasteiger partial charge in [0.05, 0.1) is 28.4 Å². The smallest absolute Gasteiger partial charge is 0.407 e. The van der Waals surface area contributed by atoms with Gasteiger partial charge in [-0.3, -0.25) is 9.58 Å². The molecule has 2 rings (SSSR count). The Morgan fingerprint density at radius 3 is 3.00 bits per heavy atom. The molecule has 0 aliphatic carbocycles. The molecule has 0 radical (unpaired) electrons. The topological polar surface area (TPSA) is 58.4 Å². The van der Waals surface area contributed by atoms with Crippen LogP contribution in [0, 0.1) is 3.57 Å². The summed E-state index contributed by atoms with van der Waals surface area (Å²) >= 11 is 5.52. The maximum atomic E-state index is 11.0. The van der Waals surface area contributed by atoms with Gasteiger partial charge in [-0.25, -0.2) is 4.79 Å². The second-order valence-electron chi connectivity index (χ2n) is 3.49. The van der Waals surface area contributed by atoms with Crippen LogP contribution in [0.3, 0.4) is 0 Å². The van der Waals surface area contributed by atoms with Gasteiger partial charge in [-0.2, -0.15) is 5.10 Å². The Morgan fingerprint density at radius 1 is 1.73 bits per heavy atom. The third-order valence-electron chi connectivity index (χ3n) is 2.49. The normalized spacial score (nSPS) is 20.2. The Morgan fingerprint density at radius 2 is 2.40 bits per heavy atom. The van der Waals surface area contributed by atoms with Crippen molar-refractivity contribution >= 4 is 44.6 Å². The molecule has 0 fully saturated rings. The van der Waals surface area contributed by atoms with Crippen LogP contribution in [0.5, 0.6) is 0 Å². The van der Waals surface area contributed by atoms with Gasteiger partial charge in [0.2, 0.25) is 0 Å². The van der Waals surface area contributed by atoms with Crippen LogP contribution in [0.1, 0.15) is 12.6 Å². The summed E-state index contributed by atoms with van der Waals surface area (Å²) in [4.78, 5) is 12.4. The number of carbonyl (C=O) groups is 1. The highest BCUT2D eigenvalue weighted by atomic mass is 127. The van der Waals surface area contributed by atoms with Crippen LogP contribution in [0.15, 0.2) is 4.60 Å². The molecule has 1 aliphatic heterocycles. The van der Waals surface area contributed by atoms with E-state index < -0.39 is 6.09 Å². The summed E-state index contributed by atoms with van der Waals surface area (Å²) in [5, 5.41) is 13.3. The maximum Gasteiger partial charge on any atom is 0.407 e. The average Bonchev–Trinajstić information content (AvgIpc) is 2.41. The number of hydrogen-bond donors (Lipinski definition) is 1. The molecule has 1 aromatic rings. The molecule has 0 aromatic carbocycles. The minimum Gasteiger partial charge on any atom is -0.465 e. The highest BCUT2D eigenvalue weighted by molar-refractivity contribution is 14.1. The van der Waals surface area contributed by atoms with E-state index in [1.807, 2.05) is 11.6 Å². The third kappa shape index (κ3) is 1.86. The summed E-state index contributed by atoms with van der Waals surface area (Å²) in [6.45, 7) is 2.91. The van der Waals surface area contributed by atoms with Crippen molar-refractivity contribution in [2.45, 2.75) is 26.1 Å². The Hall–Kier alpha value is -0.310. The van der Waals surface area contributed by atoms with Gasteiger partial charge in [-0.1, -0.05) is 0 Å². The Labute approximate surface area is 109 Å². The highest BCUT2D eigenvalue weighted by Crippen LogP contribution is 2.27. The van der Waals surface area contributed by atoms with Crippen molar-refractivity contribution in [2.24, 2.45) is 0 Å². The first-order chi connectivity index (χ1) is 7.00. The standard InChI is InChI=1S/C8H9BrIN3O2/c1-4-2-13-5(3-12(4)8(14)15)6(10)7(9)11-13/h4H,2-3H2,1H3,(H,14,15)/t4-/m1/s1. The number of aromatic nitrogens is 2. The predicted molar refractivity (Wildman–Crippen MR) is 65.7 cm³/mol. The van der Waals surface area contributed by atoms with Gasteiger partial charge < -0.3 is 5.11 Å². The molecule has 2 heterocycles. The van der Waals surface area contributed by atoms with Gasteiger partial charge in [-0.15, -0.1) is 0 Å². The van der Waals surface area contributed by atoms with Crippen molar-refractivity contribution in [3.63, 3.8) is 0 Å². The van der Waals surface area contributed by atoms with Crippen molar-refractivity contribution in [1.29, 1.82) is 0 Å². The number of hydrogen-bond acceptors (Lipinski definition) is 2. The van der Waals surface area contributed by atoms with E-state index in [-0.39, 0.29) is 6.04 Å². The molecule has 0 unspecified atom stereocenters. The quantitative estimate of drug-likeness (QED) is 0.696. The number of halogens is 2. The molecule has 7 heteroatoms. The molecule has 0 bridgehead atoms. The van der Waals surface area contributed by atoms with E-state index in [1.54, 1.807) is 0 Å². The van der Waals surface area contributed by atoms with Crippen LogP contribution in [0.4, 0.5) is 4.79 Å². The zero-order chi connectivity index (χ0) is 11.2. The summed E-state index contributed by atoms with van der Waals surface area (Å²) in [6, 6.07) is -0.0300. The summed E-state index contributed by atoms with van der Waals surface area (Å²) in [7, 11) is 0. The molecule has 1 atom stereocenters. The first-order valence-corrected chi connectivity index (χ1v) is 6.28. The molecule has 0 spiro atoms. The molecule has 1 aromatic heterocycles. The van der Waals surface area contributed by atoms with Gasteiger partial charge in [0, 0.05) is 0 Å². The summed E-state index contributed by atoms with van der Waals surface area (Å²) in [5.74, 6) is 0. The summed E-state index contributed by atoms with van der Waals surface area (Å²) in [5.41, 5.74) is 0.961. The van der Waals surface area contributed by atoms with Crippen LogP contribution in [-0.2, 0) is 13.1 Å². The van der Waals surface area contributed by atoms with Gasteiger partial charge >= 0.3 is 6.09 Å². The molecule has 1 amide bonds. The number of nitrogens with zero attached hydrogens (tertiary/aromatic N) is 3. The zero-order valence-corrected chi connectivity index (χ0v) is 11.7. The molecule has 5 nitrogen and oxygen atoms in total. The minimum absolute atomic E-state index is 0.0300. The maximum absolute atomic E-state index is 11.0. The van der Waals surface area contributed by atoms with E-state index in [9.17, 15) is 4.79 Å². The summed E-state index contributed by atoms with van der Waals surface area (Å²) in [6.07, 6.45) is -0.873. The van der Waals surface area contributed by atoms with Crippen LogP contribution >= 0.6 is 38.5 Å². The van der Waals surface area contributed by atoms with Crippen molar-refractivity contribution < 1.29 is 9.90 Å². The average molecular weight is 386 g/mol. The monoisotopic (exact) mass is 385 g/mol. The molecule has 0 saturated carbocycles. The Balaban J connectivity index is 2.39. The highest BCUT2D eigenvalue weighted by Gasteiger charge is 2.29. The lowest BCUT2D eigenvalue weighted by Gasteiger charge is -2.31. The Kier molecular flexibility index (Phi) is 2.93. The van der Waals surface area contributed by atoms with Gasteiger partial charge in [0.25, 0.3) is 0 Å². The zero-order valence-electron chi connectivity index (χ0n) is 7.94. The van der Waals surface area contributed by atoms with Crippen molar-refractivity contribution in [3.05, 3.63) is 13.9 Å². The fraction of sp³-hybridized carbons (Fsp3) is 0.500. The lowest BCUT2D eigenvalue weighted by Crippen LogP contribution is -2.44. The number of fused-ring (bicyclic) bond motifs is 1. The molecule has 1 N–H and O–H groups in total. The number of carboxylic acid groups (broad SMARTS) is 1. The lowest BCUT2D eigenvalue weighted by molar-refractivity contribution is 0.105. The molecular formula is C8H9BrIN3O2. The SMILES string of the molecule is C[C@@H]1Cn2nc(Br)c(I)c2CN1C(=O)O. The van der Waals surface area contributed by atoms with E-state index in [2.05, 4.69) is 43.6 Å².